The molecule has 0 aliphatic rings. The molecule has 4 nitrogen and oxygen atoms in total. The van der Waals surface area contributed by atoms with Gasteiger partial charge in [-0.15, -0.1) is 0 Å². The summed E-state index contributed by atoms with van der Waals surface area (Å²) in [6.45, 7) is 5.87. The Hall–Kier alpha value is -1.62. The average Bonchev–Trinajstić information content (AvgIpc) is 2.46. The summed E-state index contributed by atoms with van der Waals surface area (Å²) in [5, 5.41) is 1.12. The first-order chi connectivity index (χ1) is 9.36. The van der Waals surface area contributed by atoms with Gasteiger partial charge in [-0.05, 0) is 0 Å². The molecule has 1 aromatic rings. The lowest BCUT2D eigenvalue weighted by Crippen LogP contribution is -2.52. The van der Waals surface area contributed by atoms with E-state index in [0.29, 0.717) is 0 Å². The Morgan fingerprint density at radius 2 is 1.50 bits per heavy atom. The molecule has 2 atom stereocenters. The van der Waals surface area contributed by atoms with Crippen LogP contribution >= 0.6 is 0 Å². The number of carbonyl (C=O) groups is 2. The van der Waals surface area contributed by atoms with Gasteiger partial charge >= 0.3 is 11.9 Å². The second-order valence-corrected chi connectivity index (χ2v) is 10.0. The SMILES string of the molecule is COC(=O)C(C)C(C(=O)OC)[Si](C)(C)c1ccccc1. The standard InChI is InChI=1S/C15H22O4Si/c1-11(14(16)18-2)13(15(17)19-3)20(4,5)12-9-7-6-8-10-12/h6-11,13H,1-5H3. The Kier molecular flexibility index (Phi) is 5.50. The van der Waals surface area contributed by atoms with Gasteiger partial charge in [0.2, 0.25) is 0 Å². The summed E-state index contributed by atoms with van der Waals surface area (Å²) in [7, 11) is 0.483. The predicted octanol–water partition coefficient (Wildman–Crippen LogP) is 1.95. The molecule has 0 bridgehead atoms. The summed E-state index contributed by atoms with van der Waals surface area (Å²) in [4.78, 5) is 24.0. The zero-order valence-corrected chi connectivity index (χ0v) is 13.7. The molecule has 5 heteroatoms. The molecule has 110 valence electrons. The van der Waals surface area contributed by atoms with Crippen LogP contribution in [-0.2, 0) is 19.1 Å². The van der Waals surface area contributed by atoms with Crippen molar-refractivity contribution in [2.75, 3.05) is 14.2 Å². The van der Waals surface area contributed by atoms with E-state index in [4.69, 9.17) is 9.47 Å². The molecule has 0 N–H and O–H groups in total. The largest absolute Gasteiger partial charge is 0.469 e. The highest BCUT2D eigenvalue weighted by Crippen LogP contribution is 2.32. The van der Waals surface area contributed by atoms with E-state index in [1.54, 1.807) is 6.92 Å². The number of hydrogen-bond acceptors (Lipinski definition) is 4. The number of rotatable bonds is 5. The third-order valence-corrected chi connectivity index (χ3v) is 7.94. The maximum absolute atomic E-state index is 12.2. The number of carbonyl (C=O) groups excluding carboxylic acids is 2. The van der Waals surface area contributed by atoms with E-state index >= 15 is 0 Å². The van der Waals surface area contributed by atoms with Gasteiger partial charge in [-0.25, -0.2) is 0 Å². The van der Waals surface area contributed by atoms with Crippen molar-refractivity contribution in [1.29, 1.82) is 0 Å². The number of methoxy groups -OCH3 is 2. The van der Waals surface area contributed by atoms with Crippen LogP contribution in [0.4, 0.5) is 0 Å². The van der Waals surface area contributed by atoms with E-state index < -0.39 is 19.5 Å². The number of ether oxygens (including phenoxy) is 2. The highest BCUT2D eigenvalue weighted by molar-refractivity contribution is 6.93. The Labute approximate surface area is 121 Å². The van der Waals surface area contributed by atoms with Gasteiger partial charge in [-0.3, -0.25) is 9.59 Å². The van der Waals surface area contributed by atoms with Crippen LogP contribution in [-0.4, -0.2) is 34.2 Å². The van der Waals surface area contributed by atoms with Gasteiger partial charge < -0.3 is 9.47 Å². The van der Waals surface area contributed by atoms with Crippen molar-refractivity contribution >= 4 is 25.2 Å². The quantitative estimate of drug-likeness (QED) is 0.615. The minimum atomic E-state index is -2.21. The van der Waals surface area contributed by atoms with Gasteiger partial charge in [0, 0.05) is 0 Å². The molecule has 2 unspecified atom stereocenters. The summed E-state index contributed by atoms with van der Waals surface area (Å²) in [5.41, 5.74) is -0.470. The second-order valence-electron chi connectivity index (χ2n) is 5.40. The Bertz CT molecular complexity index is 470. The minimum absolute atomic E-state index is 0.344. The van der Waals surface area contributed by atoms with Crippen molar-refractivity contribution in [2.24, 2.45) is 5.92 Å². The lowest BCUT2D eigenvalue weighted by atomic mass is 10.1. The number of hydrogen-bond donors (Lipinski definition) is 0. The van der Waals surface area contributed by atoms with Crippen molar-refractivity contribution < 1.29 is 19.1 Å². The first kappa shape index (κ1) is 16.4. The van der Waals surface area contributed by atoms with E-state index in [1.165, 1.54) is 14.2 Å². The first-order valence-corrected chi connectivity index (χ1v) is 9.65. The van der Waals surface area contributed by atoms with Crippen LogP contribution in [0, 0.1) is 5.92 Å². The predicted molar refractivity (Wildman–Crippen MR) is 80.5 cm³/mol. The molecular formula is C15H22O4Si. The van der Waals surface area contributed by atoms with E-state index in [2.05, 4.69) is 13.1 Å². The average molecular weight is 294 g/mol. The fourth-order valence-electron chi connectivity index (χ4n) is 2.62. The second kappa shape index (κ2) is 6.70. The van der Waals surface area contributed by atoms with Gasteiger partial charge in [0.25, 0.3) is 0 Å². The van der Waals surface area contributed by atoms with Crippen LogP contribution in [0.25, 0.3) is 0 Å². The van der Waals surface area contributed by atoms with Gasteiger partial charge in [-0.1, -0.05) is 55.5 Å². The van der Waals surface area contributed by atoms with Crippen molar-refractivity contribution in [3.8, 4) is 0 Å². The smallest absolute Gasteiger partial charge is 0.308 e. The normalized spacial score (nSPS) is 14.2. The van der Waals surface area contributed by atoms with Gasteiger partial charge in [0.15, 0.2) is 0 Å². The van der Waals surface area contributed by atoms with Crippen LogP contribution in [0.5, 0.6) is 0 Å². The molecule has 0 spiro atoms. The van der Waals surface area contributed by atoms with E-state index in [1.807, 2.05) is 30.3 Å². The molecule has 0 fully saturated rings. The van der Waals surface area contributed by atoms with Crippen molar-refractivity contribution in [2.45, 2.75) is 25.6 Å². The van der Waals surface area contributed by atoms with Crippen molar-refractivity contribution in [3.63, 3.8) is 0 Å². The summed E-state index contributed by atoms with van der Waals surface area (Å²) < 4.78 is 9.72. The number of benzene rings is 1. The molecule has 0 heterocycles. The summed E-state index contributed by atoms with van der Waals surface area (Å²) in [6, 6.07) is 9.84. The summed E-state index contributed by atoms with van der Waals surface area (Å²) in [5.74, 6) is -1.24. The molecule has 20 heavy (non-hydrogen) atoms. The van der Waals surface area contributed by atoms with Crippen LogP contribution in [0.15, 0.2) is 30.3 Å². The monoisotopic (exact) mass is 294 g/mol. The lowest BCUT2D eigenvalue weighted by molar-refractivity contribution is -0.151. The maximum Gasteiger partial charge on any atom is 0.308 e. The van der Waals surface area contributed by atoms with Gasteiger partial charge in [0.1, 0.15) is 0 Å². The molecule has 0 aliphatic heterocycles. The molecule has 0 radical (unpaired) electrons. The molecule has 0 aliphatic carbocycles. The van der Waals surface area contributed by atoms with Crippen LogP contribution in [0.2, 0.25) is 18.6 Å². The van der Waals surface area contributed by atoms with Crippen LogP contribution in [0.1, 0.15) is 6.92 Å². The van der Waals surface area contributed by atoms with E-state index in [9.17, 15) is 9.59 Å². The molecule has 1 aromatic carbocycles. The van der Waals surface area contributed by atoms with Crippen molar-refractivity contribution in [1.82, 2.24) is 0 Å². The zero-order chi connectivity index (χ0) is 15.3. The molecule has 0 saturated carbocycles. The van der Waals surface area contributed by atoms with Gasteiger partial charge in [-0.2, -0.15) is 0 Å². The molecule has 1 rings (SSSR count). The van der Waals surface area contributed by atoms with E-state index in [-0.39, 0.29) is 11.9 Å². The Morgan fingerprint density at radius 3 is 1.95 bits per heavy atom. The summed E-state index contributed by atoms with van der Waals surface area (Å²) >= 11 is 0. The first-order valence-electron chi connectivity index (χ1n) is 6.57. The molecular weight excluding hydrogens is 272 g/mol. The van der Waals surface area contributed by atoms with Crippen LogP contribution < -0.4 is 5.19 Å². The zero-order valence-electron chi connectivity index (χ0n) is 12.7. The maximum atomic E-state index is 12.2. The highest BCUT2D eigenvalue weighted by Gasteiger charge is 2.45. The van der Waals surface area contributed by atoms with E-state index in [0.717, 1.165) is 5.19 Å². The third-order valence-electron chi connectivity index (χ3n) is 3.82. The lowest BCUT2D eigenvalue weighted by Gasteiger charge is -2.33. The molecule has 0 saturated heterocycles. The fourth-order valence-corrected chi connectivity index (χ4v) is 6.12. The third kappa shape index (κ3) is 3.28. The van der Waals surface area contributed by atoms with Gasteiger partial charge in [0.05, 0.1) is 33.8 Å². The highest BCUT2D eigenvalue weighted by atomic mass is 28.3. The Balaban J connectivity index is 3.23. The Morgan fingerprint density at radius 1 is 1.00 bits per heavy atom. The van der Waals surface area contributed by atoms with Crippen LogP contribution in [0.3, 0.4) is 0 Å². The molecule has 0 aromatic heterocycles. The fraction of sp³-hybridized carbons (Fsp3) is 0.467. The minimum Gasteiger partial charge on any atom is -0.469 e. The number of esters is 2. The molecule has 0 amide bonds. The van der Waals surface area contributed by atoms with Crippen molar-refractivity contribution in [3.05, 3.63) is 30.3 Å². The summed E-state index contributed by atoms with van der Waals surface area (Å²) in [6.07, 6.45) is 0. The topological polar surface area (TPSA) is 52.6 Å².